The van der Waals surface area contributed by atoms with Crippen molar-refractivity contribution in [1.29, 1.82) is 0 Å². The number of amides is 1. The Morgan fingerprint density at radius 3 is 2.79 bits per heavy atom. The van der Waals surface area contributed by atoms with Crippen LogP contribution in [0.25, 0.3) is 22.5 Å². The topological polar surface area (TPSA) is 87.9 Å². The minimum Gasteiger partial charge on any atom is -0.359 e. The van der Waals surface area contributed by atoms with Crippen molar-refractivity contribution in [3.63, 3.8) is 0 Å². The third kappa shape index (κ3) is 3.52. The second kappa shape index (κ2) is 7.43. The van der Waals surface area contributed by atoms with Crippen LogP contribution in [0, 0.1) is 5.82 Å². The van der Waals surface area contributed by atoms with Gasteiger partial charge >= 0.3 is 0 Å². The molecule has 1 N–H and O–H groups in total. The number of carbonyl (C=O) groups excluding carboxylic acids is 1. The van der Waals surface area contributed by atoms with E-state index in [0.717, 1.165) is 5.56 Å². The Kier molecular flexibility index (Phi) is 4.67. The van der Waals surface area contributed by atoms with Crippen LogP contribution < -0.4 is 0 Å². The predicted octanol–water partition coefficient (Wildman–Crippen LogP) is 3.54. The monoisotopic (exact) mass is 377 g/mol. The van der Waals surface area contributed by atoms with Gasteiger partial charge in [0, 0.05) is 36.6 Å². The van der Waals surface area contributed by atoms with Crippen molar-refractivity contribution in [2.45, 2.75) is 6.54 Å². The number of H-pyrrole nitrogens is 1. The number of carbonyl (C=O) groups is 1. The Morgan fingerprint density at radius 1 is 1.18 bits per heavy atom. The van der Waals surface area contributed by atoms with Gasteiger partial charge in [0.15, 0.2) is 5.76 Å². The van der Waals surface area contributed by atoms with Crippen molar-refractivity contribution in [1.82, 2.24) is 25.2 Å². The summed E-state index contributed by atoms with van der Waals surface area (Å²) in [6.07, 6.45) is 4.78. The van der Waals surface area contributed by atoms with E-state index in [1.807, 2.05) is 12.1 Å². The van der Waals surface area contributed by atoms with Gasteiger partial charge < -0.3 is 9.42 Å². The second-order valence-electron chi connectivity index (χ2n) is 6.24. The second-order valence-corrected chi connectivity index (χ2v) is 6.24. The van der Waals surface area contributed by atoms with Crippen LogP contribution in [0.3, 0.4) is 0 Å². The largest absolute Gasteiger partial charge is 0.359 e. The molecular formula is C20H16FN5O2. The lowest BCUT2D eigenvalue weighted by Gasteiger charge is -2.15. The van der Waals surface area contributed by atoms with Crippen molar-refractivity contribution in [3.05, 3.63) is 78.2 Å². The molecule has 1 amide bonds. The van der Waals surface area contributed by atoms with E-state index in [1.54, 1.807) is 37.6 Å². The lowest BCUT2D eigenvalue weighted by atomic mass is 10.1. The SMILES string of the molecule is CN(Cc1cc(-c2ccncc2)no1)C(=O)c1cn[nH]c1-c1cccc(F)c1. The molecule has 0 aliphatic carbocycles. The Labute approximate surface area is 159 Å². The summed E-state index contributed by atoms with van der Waals surface area (Å²) < 4.78 is 18.9. The summed E-state index contributed by atoms with van der Waals surface area (Å²) in [6.45, 7) is 0.227. The number of hydrogen-bond acceptors (Lipinski definition) is 5. The highest BCUT2D eigenvalue weighted by Crippen LogP contribution is 2.24. The first kappa shape index (κ1) is 17.6. The molecule has 0 radical (unpaired) electrons. The number of hydrogen-bond donors (Lipinski definition) is 1. The highest BCUT2D eigenvalue weighted by molar-refractivity contribution is 5.99. The van der Waals surface area contributed by atoms with Gasteiger partial charge in [-0.3, -0.25) is 14.9 Å². The number of halogens is 1. The number of rotatable bonds is 5. The molecule has 4 rings (SSSR count). The summed E-state index contributed by atoms with van der Waals surface area (Å²) in [5.74, 6) is -0.113. The van der Waals surface area contributed by atoms with Gasteiger partial charge in [-0.2, -0.15) is 5.10 Å². The molecule has 0 aliphatic rings. The number of nitrogens with one attached hydrogen (secondary N) is 1. The summed E-state index contributed by atoms with van der Waals surface area (Å²) in [5.41, 5.74) is 2.91. The fourth-order valence-corrected chi connectivity index (χ4v) is 2.87. The summed E-state index contributed by atoms with van der Waals surface area (Å²) in [5, 5.41) is 10.7. The fraction of sp³-hybridized carbons (Fsp3) is 0.100. The van der Waals surface area contributed by atoms with Crippen LogP contribution in [-0.4, -0.2) is 38.2 Å². The smallest absolute Gasteiger partial charge is 0.257 e. The first-order chi connectivity index (χ1) is 13.6. The van der Waals surface area contributed by atoms with Crippen molar-refractivity contribution in [3.8, 4) is 22.5 Å². The first-order valence-electron chi connectivity index (χ1n) is 8.52. The Hall–Kier alpha value is -3.81. The van der Waals surface area contributed by atoms with Gasteiger partial charge in [-0.15, -0.1) is 0 Å². The number of aromatic amines is 1. The van der Waals surface area contributed by atoms with E-state index in [2.05, 4.69) is 20.3 Å². The third-order valence-electron chi connectivity index (χ3n) is 4.26. The standard InChI is InChI=1S/C20H16FN5O2/c1-26(12-16-10-18(25-28-16)13-5-7-22-8-6-13)20(27)17-11-23-24-19(17)14-3-2-4-15(21)9-14/h2-11H,12H2,1H3,(H,23,24). The average molecular weight is 377 g/mol. The van der Waals surface area contributed by atoms with Gasteiger partial charge in [0.2, 0.25) is 0 Å². The molecule has 0 saturated carbocycles. The molecule has 28 heavy (non-hydrogen) atoms. The zero-order chi connectivity index (χ0) is 19.5. The van der Waals surface area contributed by atoms with Crippen LogP contribution in [0.2, 0.25) is 0 Å². The van der Waals surface area contributed by atoms with Crippen molar-refractivity contribution < 1.29 is 13.7 Å². The molecule has 140 valence electrons. The molecule has 0 fully saturated rings. The number of nitrogens with zero attached hydrogens (tertiary/aromatic N) is 4. The summed E-state index contributed by atoms with van der Waals surface area (Å²) in [6, 6.07) is 11.4. The predicted molar refractivity (Wildman–Crippen MR) is 99.5 cm³/mol. The maximum absolute atomic E-state index is 13.5. The molecule has 0 aliphatic heterocycles. The lowest BCUT2D eigenvalue weighted by molar-refractivity contribution is 0.0773. The number of benzene rings is 1. The highest BCUT2D eigenvalue weighted by Gasteiger charge is 2.20. The van der Waals surface area contributed by atoms with E-state index in [9.17, 15) is 9.18 Å². The minimum absolute atomic E-state index is 0.227. The Bertz CT molecular complexity index is 1110. The van der Waals surface area contributed by atoms with Crippen molar-refractivity contribution in [2.75, 3.05) is 7.05 Å². The molecule has 0 bridgehead atoms. The summed E-state index contributed by atoms with van der Waals surface area (Å²) in [7, 11) is 1.65. The van der Waals surface area contributed by atoms with Crippen LogP contribution in [0.1, 0.15) is 16.1 Å². The molecule has 1 aromatic carbocycles. The molecule has 3 heterocycles. The molecule has 7 nitrogen and oxygen atoms in total. The first-order valence-corrected chi connectivity index (χ1v) is 8.52. The maximum Gasteiger partial charge on any atom is 0.257 e. The highest BCUT2D eigenvalue weighted by atomic mass is 19.1. The van der Waals surface area contributed by atoms with E-state index in [-0.39, 0.29) is 18.3 Å². The van der Waals surface area contributed by atoms with Crippen LogP contribution in [0.4, 0.5) is 4.39 Å². The van der Waals surface area contributed by atoms with Crippen LogP contribution in [-0.2, 0) is 6.54 Å². The normalized spacial score (nSPS) is 10.8. The molecule has 0 unspecified atom stereocenters. The molecule has 8 heteroatoms. The summed E-state index contributed by atoms with van der Waals surface area (Å²) >= 11 is 0. The summed E-state index contributed by atoms with van der Waals surface area (Å²) in [4.78, 5) is 18.3. The zero-order valence-corrected chi connectivity index (χ0v) is 15.0. The number of aromatic nitrogens is 4. The molecule has 3 aromatic heterocycles. The van der Waals surface area contributed by atoms with Gasteiger partial charge in [0.1, 0.15) is 11.5 Å². The molecule has 4 aromatic rings. The average Bonchev–Trinajstić information content (AvgIpc) is 3.38. The Morgan fingerprint density at radius 2 is 2.00 bits per heavy atom. The van der Waals surface area contributed by atoms with Gasteiger partial charge in [-0.25, -0.2) is 4.39 Å². The van der Waals surface area contributed by atoms with Gasteiger partial charge in [-0.05, 0) is 24.3 Å². The van der Waals surface area contributed by atoms with Gasteiger partial charge in [0.25, 0.3) is 5.91 Å². The van der Waals surface area contributed by atoms with Gasteiger partial charge in [0.05, 0.1) is 24.0 Å². The van der Waals surface area contributed by atoms with Crippen molar-refractivity contribution >= 4 is 5.91 Å². The maximum atomic E-state index is 13.5. The fourth-order valence-electron chi connectivity index (χ4n) is 2.87. The van der Waals surface area contributed by atoms with Crippen LogP contribution >= 0.6 is 0 Å². The van der Waals surface area contributed by atoms with E-state index in [4.69, 9.17) is 4.52 Å². The van der Waals surface area contributed by atoms with E-state index in [1.165, 1.54) is 23.2 Å². The van der Waals surface area contributed by atoms with E-state index in [0.29, 0.717) is 28.3 Å². The Balaban J connectivity index is 1.52. The third-order valence-corrected chi connectivity index (χ3v) is 4.26. The molecule has 0 saturated heterocycles. The molecule has 0 spiro atoms. The molecule has 0 atom stereocenters. The number of pyridine rings is 1. The lowest BCUT2D eigenvalue weighted by Crippen LogP contribution is -2.26. The van der Waals surface area contributed by atoms with Crippen molar-refractivity contribution in [2.24, 2.45) is 0 Å². The molecular weight excluding hydrogens is 361 g/mol. The van der Waals surface area contributed by atoms with E-state index < -0.39 is 0 Å². The quantitative estimate of drug-likeness (QED) is 0.575. The van der Waals surface area contributed by atoms with Crippen LogP contribution in [0.15, 0.2) is 65.6 Å². The van der Waals surface area contributed by atoms with E-state index >= 15 is 0 Å². The van der Waals surface area contributed by atoms with Crippen LogP contribution in [0.5, 0.6) is 0 Å². The minimum atomic E-state index is -0.385. The van der Waals surface area contributed by atoms with Gasteiger partial charge in [-0.1, -0.05) is 17.3 Å². The zero-order valence-electron chi connectivity index (χ0n) is 15.0.